The van der Waals surface area contributed by atoms with Crippen molar-refractivity contribution < 1.29 is 0 Å². The number of unbranched alkanes of at least 4 members (excludes halogenated alkanes) is 16. The SMILES string of the molecule is CCCCCCC#CCC[PH](CCC#CCCCCCC)(CCC#CCCCCCC)CCC#CCCCCCC. The molecule has 0 saturated heterocycles. The van der Waals surface area contributed by atoms with E-state index in [9.17, 15) is 0 Å². The van der Waals surface area contributed by atoms with Crippen molar-refractivity contribution in [1.29, 1.82) is 0 Å². The Kier molecular flexibility index (Phi) is 32.1. The van der Waals surface area contributed by atoms with Crippen molar-refractivity contribution in [1.82, 2.24) is 0 Å². The molecule has 0 atom stereocenters. The van der Waals surface area contributed by atoms with Gasteiger partial charge in [0.15, 0.2) is 0 Å². The van der Waals surface area contributed by atoms with E-state index in [-0.39, 0.29) is 0 Å². The summed E-state index contributed by atoms with van der Waals surface area (Å²) < 4.78 is 0. The maximum atomic E-state index is 3.58. The van der Waals surface area contributed by atoms with E-state index in [1.165, 1.54) is 127 Å². The van der Waals surface area contributed by atoms with Crippen LogP contribution in [0, 0.1) is 47.4 Å². The molecule has 0 nitrogen and oxygen atoms in total. The zero-order chi connectivity index (χ0) is 30.0. The van der Waals surface area contributed by atoms with Crippen LogP contribution < -0.4 is 0 Å². The Morgan fingerprint density at radius 2 is 0.488 bits per heavy atom. The summed E-state index contributed by atoms with van der Waals surface area (Å²) in [6.07, 6.45) is 34.7. The molecule has 0 radical (unpaired) electrons. The van der Waals surface area contributed by atoms with Crippen LogP contribution in [-0.4, -0.2) is 24.6 Å². The van der Waals surface area contributed by atoms with E-state index in [4.69, 9.17) is 0 Å². The molecule has 0 N–H and O–H groups in total. The third kappa shape index (κ3) is 28.6. The van der Waals surface area contributed by atoms with E-state index in [1.54, 1.807) is 0 Å². The summed E-state index contributed by atoms with van der Waals surface area (Å²) in [5.74, 6) is 28.4. The molecule has 0 aliphatic carbocycles. The van der Waals surface area contributed by atoms with Crippen LogP contribution in [0.15, 0.2) is 0 Å². The van der Waals surface area contributed by atoms with Gasteiger partial charge in [-0.05, 0) is 0 Å². The number of rotatable bonds is 24. The summed E-state index contributed by atoms with van der Waals surface area (Å²) in [6, 6.07) is 0. The first-order chi connectivity index (χ1) is 20.2. The number of hydrogen-bond donors (Lipinski definition) is 0. The van der Waals surface area contributed by atoms with Gasteiger partial charge in [0.05, 0.1) is 0 Å². The molecular formula is C40H69P. The van der Waals surface area contributed by atoms with Crippen LogP contribution in [-0.2, 0) is 0 Å². The predicted molar refractivity (Wildman–Crippen MR) is 192 cm³/mol. The second-order valence-corrected chi connectivity index (χ2v) is 17.2. The normalized spacial score (nSPS) is 10.8. The van der Waals surface area contributed by atoms with E-state index in [0.29, 0.717) is 0 Å². The number of hydrogen-bond acceptors (Lipinski definition) is 0. The summed E-state index contributed by atoms with van der Waals surface area (Å²) >= 11 is 0. The van der Waals surface area contributed by atoms with Gasteiger partial charge in [0.25, 0.3) is 0 Å². The molecule has 0 aliphatic heterocycles. The van der Waals surface area contributed by atoms with Crippen LogP contribution >= 0.6 is 7.26 Å². The van der Waals surface area contributed by atoms with Gasteiger partial charge in [0, 0.05) is 0 Å². The molecule has 0 aromatic rings. The quantitative estimate of drug-likeness (QED) is 0.0605. The molecule has 0 rings (SSSR count). The van der Waals surface area contributed by atoms with E-state index in [2.05, 4.69) is 75.1 Å². The Balaban J connectivity index is 5.27. The molecule has 0 bridgehead atoms. The van der Waals surface area contributed by atoms with Gasteiger partial charge in [0.1, 0.15) is 0 Å². The van der Waals surface area contributed by atoms with E-state index in [1.807, 2.05) is 0 Å². The van der Waals surface area contributed by atoms with Crippen LogP contribution in [0.25, 0.3) is 0 Å². The van der Waals surface area contributed by atoms with E-state index < -0.39 is 7.26 Å². The average Bonchev–Trinajstić information content (AvgIpc) is 2.98. The molecule has 41 heavy (non-hydrogen) atoms. The topological polar surface area (TPSA) is 0 Å². The summed E-state index contributed by atoms with van der Waals surface area (Å²) in [5.41, 5.74) is 0. The first-order valence-electron chi connectivity index (χ1n) is 18.1. The van der Waals surface area contributed by atoms with Crippen molar-refractivity contribution in [2.24, 2.45) is 0 Å². The molecule has 0 spiro atoms. The monoisotopic (exact) mass is 581 g/mol. The molecule has 0 fully saturated rings. The molecule has 0 unspecified atom stereocenters. The third-order valence-electron chi connectivity index (χ3n) is 8.24. The first kappa shape index (κ1) is 39.7. The van der Waals surface area contributed by atoms with Crippen LogP contribution in [0.3, 0.4) is 0 Å². The Labute approximate surface area is 260 Å². The van der Waals surface area contributed by atoms with Gasteiger partial charge >= 0.3 is 261 Å². The van der Waals surface area contributed by atoms with Gasteiger partial charge < -0.3 is 0 Å². The minimum absolute atomic E-state index is 1.07. The average molecular weight is 581 g/mol. The van der Waals surface area contributed by atoms with Crippen molar-refractivity contribution in [2.75, 3.05) is 24.6 Å². The van der Waals surface area contributed by atoms with Crippen molar-refractivity contribution in [3.63, 3.8) is 0 Å². The zero-order valence-electron chi connectivity index (χ0n) is 28.3. The van der Waals surface area contributed by atoms with Gasteiger partial charge in [-0.25, -0.2) is 0 Å². The molecule has 0 aliphatic rings. The molecule has 0 heterocycles. The van der Waals surface area contributed by atoms with Gasteiger partial charge in [-0.3, -0.25) is 0 Å². The maximum absolute atomic E-state index is 3.58. The van der Waals surface area contributed by atoms with Crippen LogP contribution in [0.4, 0.5) is 0 Å². The summed E-state index contributed by atoms with van der Waals surface area (Å²) in [7, 11) is -1.53. The van der Waals surface area contributed by atoms with Gasteiger partial charge in [-0.2, -0.15) is 0 Å². The predicted octanol–water partition coefficient (Wildman–Crippen LogP) is 12.2. The second kappa shape index (κ2) is 33.2. The van der Waals surface area contributed by atoms with Crippen LogP contribution in [0.2, 0.25) is 0 Å². The minimum atomic E-state index is -1.53. The third-order valence-corrected chi connectivity index (χ3v) is 13.5. The van der Waals surface area contributed by atoms with Crippen molar-refractivity contribution in [2.45, 2.75) is 182 Å². The van der Waals surface area contributed by atoms with Crippen LogP contribution in [0.5, 0.6) is 0 Å². The Morgan fingerprint density at radius 3 is 0.707 bits per heavy atom. The fourth-order valence-electron chi connectivity index (χ4n) is 5.33. The van der Waals surface area contributed by atoms with E-state index in [0.717, 1.165) is 51.4 Å². The second-order valence-electron chi connectivity index (χ2n) is 12.2. The molecule has 234 valence electrons. The molecule has 1 heteroatoms. The van der Waals surface area contributed by atoms with Crippen molar-refractivity contribution in [3.05, 3.63) is 0 Å². The Hall–Kier alpha value is -1.33. The zero-order valence-corrected chi connectivity index (χ0v) is 29.3. The molecule has 0 aromatic carbocycles. The molecule has 0 amide bonds. The summed E-state index contributed by atoms with van der Waals surface area (Å²) in [5, 5.41) is 0. The molecule has 0 aromatic heterocycles. The van der Waals surface area contributed by atoms with Crippen molar-refractivity contribution in [3.8, 4) is 47.4 Å². The van der Waals surface area contributed by atoms with Crippen molar-refractivity contribution >= 4 is 7.26 Å². The first-order valence-corrected chi connectivity index (χ1v) is 20.9. The summed E-state index contributed by atoms with van der Waals surface area (Å²) in [6.45, 7) is 9.11. The molecule has 0 saturated carbocycles. The van der Waals surface area contributed by atoms with Crippen LogP contribution in [0.1, 0.15) is 182 Å². The van der Waals surface area contributed by atoms with Gasteiger partial charge in [-0.15, -0.1) is 0 Å². The molecular weight excluding hydrogens is 511 g/mol. The Morgan fingerprint density at radius 1 is 0.268 bits per heavy atom. The van der Waals surface area contributed by atoms with Gasteiger partial charge in [-0.1, -0.05) is 0 Å². The Bertz CT molecular complexity index is 664. The fourth-order valence-corrected chi connectivity index (χ4v) is 9.45. The summed E-state index contributed by atoms with van der Waals surface area (Å²) in [4.78, 5) is 0. The van der Waals surface area contributed by atoms with E-state index >= 15 is 0 Å². The fraction of sp³-hybridized carbons (Fsp3) is 0.800. The standard InChI is InChI=1S/C40H69P/c1-5-9-13-17-21-25-29-33-37-41(38-34-30-26-22-18-14-10-6-2,39-35-31-27-23-19-15-11-7-3)40-36-32-28-24-20-16-12-8-4/h41H,5-24,33-40H2,1-4H3. The van der Waals surface area contributed by atoms with Gasteiger partial charge in [0.2, 0.25) is 0 Å².